The molecule has 1 atom stereocenters. The number of rotatable bonds is 7. The number of urea groups is 1. The zero-order valence-corrected chi connectivity index (χ0v) is 17.8. The summed E-state index contributed by atoms with van der Waals surface area (Å²) in [6.07, 6.45) is 1.60. The molecule has 0 unspecified atom stereocenters. The minimum atomic E-state index is -0.451. The van der Waals surface area contributed by atoms with Crippen molar-refractivity contribution in [1.29, 1.82) is 0 Å². The Morgan fingerprint density at radius 3 is 2.66 bits per heavy atom. The maximum Gasteiger partial charge on any atom is 0.321 e. The number of thiophene rings is 1. The van der Waals surface area contributed by atoms with Gasteiger partial charge in [0.25, 0.3) is 0 Å². The third kappa shape index (κ3) is 4.89. The molecule has 3 rings (SSSR count). The number of carbonyl (C=O) groups excluding carboxylic acids is 2. The molecule has 1 aromatic carbocycles. The first-order valence-corrected chi connectivity index (χ1v) is 10.5. The molecule has 2 N–H and O–H groups in total. The molecule has 2 heterocycles. The van der Waals surface area contributed by atoms with E-state index < -0.39 is 6.03 Å². The first kappa shape index (κ1) is 21.1. The normalized spacial score (nSPS) is 16.0. The van der Waals surface area contributed by atoms with Gasteiger partial charge < -0.3 is 14.8 Å². The molecule has 3 amide bonds. The van der Waals surface area contributed by atoms with Crippen LogP contribution in [0.1, 0.15) is 35.4 Å². The predicted octanol–water partition coefficient (Wildman–Crippen LogP) is 2.95. The summed E-state index contributed by atoms with van der Waals surface area (Å²) in [7, 11) is 3.25. The highest BCUT2D eigenvalue weighted by Crippen LogP contribution is 2.41. The van der Waals surface area contributed by atoms with Crippen LogP contribution >= 0.6 is 11.3 Å². The van der Waals surface area contributed by atoms with Crippen LogP contribution in [-0.2, 0) is 11.2 Å². The maximum absolute atomic E-state index is 12.5. The average molecular weight is 418 g/mol. The minimum Gasteiger partial charge on any atom is -0.493 e. The fourth-order valence-corrected chi connectivity index (χ4v) is 4.46. The third-order valence-electron chi connectivity index (χ3n) is 4.92. The SMILES string of the molecule is CCCNC(=O)NC(=O)CN1CCc2cc(OC)c(OC)cc2[C@H]1c1cccs1. The van der Waals surface area contributed by atoms with E-state index in [-0.39, 0.29) is 18.5 Å². The van der Waals surface area contributed by atoms with Gasteiger partial charge in [-0.1, -0.05) is 13.0 Å². The van der Waals surface area contributed by atoms with Gasteiger partial charge in [0.2, 0.25) is 5.91 Å². The van der Waals surface area contributed by atoms with Crippen molar-refractivity contribution in [2.75, 3.05) is 33.9 Å². The predicted molar refractivity (Wildman–Crippen MR) is 113 cm³/mol. The Morgan fingerprint density at radius 1 is 1.24 bits per heavy atom. The summed E-state index contributed by atoms with van der Waals surface area (Å²) in [4.78, 5) is 27.5. The number of ether oxygens (including phenoxy) is 2. The van der Waals surface area contributed by atoms with Gasteiger partial charge in [-0.2, -0.15) is 0 Å². The summed E-state index contributed by atoms with van der Waals surface area (Å²) < 4.78 is 11.0. The number of hydrogen-bond acceptors (Lipinski definition) is 6. The molecule has 156 valence electrons. The summed E-state index contributed by atoms with van der Waals surface area (Å²) in [5.74, 6) is 1.05. The van der Waals surface area contributed by atoms with Gasteiger partial charge >= 0.3 is 6.03 Å². The highest BCUT2D eigenvalue weighted by molar-refractivity contribution is 7.10. The zero-order chi connectivity index (χ0) is 20.8. The Hall–Kier alpha value is -2.58. The number of fused-ring (bicyclic) bond motifs is 1. The highest BCUT2D eigenvalue weighted by atomic mass is 32.1. The Labute approximate surface area is 175 Å². The van der Waals surface area contributed by atoms with Gasteiger partial charge in [0.1, 0.15) is 0 Å². The fraction of sp³-hybridized carbons (Fsp3) is 0.429. The number of nitrogens with zero attached hydrogens (tertiary/aromatic N) is 1. The van der Waals surface area contributed by atoms with Crippen molar-refractivity contribution in [3.8, 4) is 11.5 Å². The van der Waals surface area contributed by atoms with E-state index in [1.54, 1.807) is 25.6 Å². The van der Waals surface area contributed by atoms with Gasteiger partial charge in [-0.25, -0.2) is 4.79 Å². The van der Waals surface area contributed by atoms with Crippen LogP contribution in [0.15, 0.2) is 29.6 Å². The Morgan fingerprint density at radius 2 is 2.00 bits per heavy atom. The molecule has 0 aliphatic carbocycles. The van der Waals surface area contributed by atoms with Gasteiger partial charge in [-0.3, -0.25) is 15.0 Å². The van der Waals surface area contributed by atoms with Crippen molar-refractivity contribution in [3.05, 3.63) is 45.6 Å². The van der Waals surface area contributed by atoms with Crippen molar-refractivity contribution in [2.45, 2.75) is 25.8 Å². The fourth-order valence-electron chi connectivity index (χ4n) is 3.58. The number of hydrogen-bond donors (Lipinski definition) is 2. The summed E-state index contributed by atoms with van der Waals surface area (Å²) in [5.41, 5.74) is 2.28. The minimum absolute atomic E-state index is 0.0805. The van der Waals surface area contributed by atoms with Crippen LogP contribution in [-0.4, -0.2) is 50.7 Å². The lowest BCUT2D eigenvalue weighted by Gasteiger charge is -2.36. The van der Waals surface area contributed by atoms with Gasteiger partial charge in [0.05, 0.1) is 26.8 Å². The van der Waals surface area contributed by atoms with Gasteiger partial charge in [0, 0.05) is 18.0 Å². The summed E-state index contributed by atoms with van der Waals surface area (Å²) in [6, 6.07) is 7.56. The molecule has 1 aliphatic heterocycles. The molecular formula is C21H27N3O4S. The lowest BCUT2D eigenvalue weighted by Crippen LogP contribution is -2.47. The van der Waals surface area contributed by atoms with Crippen molar-refractivity contribution in [2.24, 2.45) is 0 Å². The van der Waals surface area contributed by atoms with E-state index in [0.717, 1.165) is 23.3 Å². The molecule has 8 heteroatoms. The van der Waals surface area contributed by atoms with Gasteiger partial charge in [-0.15, -0.1) is 11.3 Å². The van der Waals surface area contributed by atoms with Gasteiger partial charge in [0.15, 0.2) is 11.5 Å². The standard InChI is InChI=1S/C21H27N3O4S/c1-4-8-22-21(26)23-19(25)13-24-9-7-14-11-16(27-2)17(28-3)12-15(14)20(24)18-6-5-10-29-18/h5-6,10-12,20H,4,7-9,13H2,1-3H3,(H2,22,23,25,26)/t20-/m0/s1. The van der Waals surface area contributed by atoms with Crippen LogP contribution in [0, 0.1) is 0 Å². The Balaban J connectivity index is 1.85. The molecule has 7 nitrogen and oxygen atoms in total. The molecule has 0 radical (unpaired) electrons. The smallest absolute Gasteiger partial charge is 0.321 e. The molecular weight excluding hydrogens is 390 g/mol. The quantitative estimate of drug-likeness (QED) is 0.724. The first-order valence-electron chi connectivity index (χ1n) is 9.67. The molecule has 0 spiro atoms. The summed E-state index contributed by atoms with van der Waals surface area (Å²) in [5, 5.41) is 7.11. The number of methoxy groups -OCH3 is 2. The van der Waals surface area contributed by atoms with Crippen LogP contribution in [0.25, 0.3) is 0 Å². The topological polar surface area (TPSA) is 79.9 Å². The lowest BCUT2D eigenvalue weighted by molar-refractivity contribution is -0.121. The van der Waals surface area contributed by atoms with E-state index in [1.807, 2.05) is 30.5 Å². The number of imide groups is 1. The van der Waals surface area contributed by atoms with Crippen molar-refractivity contribution in [3.63, 3.8) is 0 Å². The van der Waals surface area contributed by atoms with Crippen molar-refractivity contribution < 1.29 is 19.1 Å². The second-order valence-corrected chi connectivity index (χ2v) is 7.83. The Kier molecular flexibility index (Phi) is 7.11. The molecule has 29 heavy (non-hydrogen) atoms. The Bertz CT molecular complexity index is 854. The number of benzene rings is 1. The van der Waals surface area contributed by atoms with Crippen LogP contribution in [0.4, 0.5) is 4.79 Å². The highest BCUT2D eigenvalue weighted by Gasteiger charge is 2.32. The molecule has 0 saturated heterocycles. The molecule has 1 aromatic heterocycles. The number of carbonyl (C=O) groups is 2. The van der Waals surface area contributed by atoms with E-state index in [4.69, 9.17) is 9.47 Å². The van der Waals surface area contributed by atoms with Crippen LogP contribution < -0.4 is 20.1 Å². The van der Waals surface area contributed by atoms with E-state index in [2.05, 4.69) is 21.6 Å². The van der Waals surface area contributed by atoms with Gasteiger partial charge in [-0.05, 0) is 47.5 Å². The van der Waals surface area contributed by atoms with Crippen LogP contribution in [0.2, 0.25) is 0 Å². The van der Waals surface area contributed by atoms with E-state index in [9.17, 15) is 9.59 Å². The first-order chi connectivity index (χ1) is 14.1. The van der Waals surface area contributed by atoms with E-state index in [1.165, 1.54) is 5.56 Å². The summed E-state index contributed by atoms with van der Waals surface area (Å²) >= 11 is 1.65. The molecule has 0 fully saturated rings. The molecule has 1 aliphatic rings. The molecule has 0 bridgehead atoms. The molecule has 2 aromatic rings. The average Bonchev–Trinajstić information content (AvgIpc) is 3.25. The number of amides is 3. The lowest BCUT2D eigenvalue weighted by atomic mass is 9.91. The van der Waals surface area contributed by atoms with Crippen LogP contribution in [0.5, 0.6) is 11.5 Å². The second-order valence-electron chi connectivity index (χ2n) is 6.85. The largest absolute Gasteiger partial charge is 0.493 e. The molecule has 0 saturated carbocycles. The zero-order valence-electron chi connectivity index (χ0n) is 17.0. The number of nitrogens with one attached hydrogen (secondary N) is 2. The second kappa shape index (κ2) is 9.76. The third-order valence-corrected chi connectivity index (χ3v) is 5.85. The van der Waals surface area contributed by atoms with Crippen molar-refractivity contribution in [1.82, 2.24) is 15.5 Å². The van der Waals surface area contributed by atoms with Crippen molar-refractivity contribution >= 4 is 23.3 Å². The van der Waals surface area contributed by atoms with E-state index >= 15 is 0 Å². The monoisotopic (exact) mass is 417 g/mol. The maximum atomic E-state index is 12.5. The van der Waals surface area contributed by atoms with Crippen LogP contribution in [0.3, 0.4) is 0 Å². The van der Waals surface area contributed by atoms with E-state index in [0.29, 0.717) is 24.6 Å². The summed E-state index contributed by atoms with van der Waals surface area (Å²) in [6.45, 7) is 3.34.